The second-order valence-corrected chi connectivity index (χ2v) is 8.23. The molecule has 1 atom stereocenters. The standard InChI is InChI=1S/C25H22ClF2N3O4/c1-34-22-7-3-6-21(24(22)35-14-18-19(26)4-2-5-20(18)28)29-30-25(33)15-12-23(32)31(13-15)17-10-8-16(27)9-11-17/h2-11,15,29H,12-14H2,1H3,(H,30,33)/t15-/m0/s1. The Morgan fingerprint density at radius 2 is 1.86 bits per heavy atom. The van der Waals surface area contributed by atoms with Gasteiger partial charge in [-0.3, -0.25) is 20.4 Å². The number of methoxy groups -OCH3 is 1. The van der Waals surface area contributed by atoms with Gasteiger partial charge in [0.2, 0.25) is 11.8 Å². The number of amides is 2. The summed E-state index contributed by atoms with van der Waals surface area (Å²) in [5.41, 5.74) is 6.46. The van der Waals surface area contributed by atoms with Crippen LogP contribution in [0, 0.1) is 17.6 Å². The molecule has 1 aliphatic rings. The Balaban J connectivity index is 1.43. The van der Waals surface area contributed by atoms with Crippen LogP contribution in [0.15, 0.2) is 60.7 Å². The third-order valence-corrected chi connectivity index (χ3v) is 5.93. The smallest absolute Gasteiger partial charge is 0.243 e. The fraction of sp³-hybridized carbons (Fsp3) is 0.200. The van der Waals surface area contributed by atoms with E-state index in [1.807, 2.05) is 0 Å². The molecule has 1 heterocycles. The first kappa shape index (κ1) is 24.3. The molecule has 4 rings (SSSR count). The molecule has 0 radical (unpaired) electrons. The van der Waals surface area contributed by atoms with E-state index in [4.69, 9.17) is 21.1 Å². The van der Waals surface area contributed by atoms with Crippen molar-refractivity contribution in [1.82, 2.24) is 5.43 Å². The molecule has 2 amide bonds. The number of benzene rings is 3. The zero-order valence-corrected chi connectivity index (χ0v) is 19.4. The van der Waals surface area contributed by atoms with Gasteiger partial charge in [-0.15, -0.1) is 0 Å². The van der Waals surface area contributed by atoms with Gasteiger partial charge in [0.1, 0.15) is 18.2 Å². The normalized spacial score (nSPS) is 15.1. The average molecular weight is 502 g/mol. The highest BCUT2D eigenvalue weighted by Crippen LogP contribution is 2.36. The predicted octanol–water partition coefficient (Wildman–Crippen LogP) is 4.70. The average Bonchev–Trinajstić information content (AvgIpc) is 3.24. The highest BCUT2D eigenvalue weighted by Gasteiger charge is 2.35. The van der Waals surface area contributed by atoms with Gasteiger partial charge in [-0.05, 0) is 48.5 Å². The van der Waals surface area contributed by atoms with Crippen LogP contribution in [0.3, 0.4) is 0 Å². The van der Waals surface area contributed by atoms with Crippen LogP contribution in [0.5, 0.6) is 11.5 Å². The van der Waals surface area contributed by atoms with Crippen LogP contribution in [-0.4, -0.2) is 25.5 Å². The van der Waals surface area contributed by atoms with Gasteiger partial charge in [0.25, 0.3) is 0 Å². The number of hydrogen-bond donors (Lipinski definition) is 2. The molecule has 0 saturated carbocycles. The Morgan fingerprint density at radius 3 is 2.57 bits per heavy atom. The highest BCUT2D eigenvalue weighted by atomic mass is 35.5. The second-order valence-electron chi connectivity index (χ2n) is 7.82. The molecule has 2 N–H and O–H groups in total. The van der Waals surface area contributed by atoms with Gasteiger partial charge in [-0.25, -0.2) is 8.78 Å². The van der Waals surface area contributed by atoms with E-state index in [2.05, 4.69) is 10.9 Å². The number of carbonyl (C=O) groups is 2. The van der Waals surface area contributed by atoms with Crippen molar-refractivity contribution in [2.45, 2.75) is 13.0 Å². The zero-order valence-electron chi connectivity index (χ0n) is 18.7. The number of nitrogens with one attached hydrogen (secondary N) is 2. The minimum absolute atomic E-state index is 0.0120. The summed E-state index contributed by atoms with van der Waals surface area (Å²) in [5.74, 6) is -1.58. The number of hydrogen-bond acceptors (Lipinski definition) is 5. The molecule has 10 heteroatoms. The van der Waals surface area contributed by atoms with E-state index in [0.29, 0.717) is 17.1 Å². The molecular weight excluding hydrogens is 480 g/mol. The Hall–Kier alpha value is -3.85. The summed E-state index contributed by atoms with van der Waals surface area (Å²) in [6, 6.07) is 14.8. The first-order valence-corrected chi connectivity index (χ1v) is 11.1. The van der Waals surface area contributed by atoms with Crippen molar-refractivity contribution in [3.05, 3.63) is 82.9 Å². The molecule has 1 saturated heterocycles. The third-order valence-electron chi connectivity index (χ3n) is 5.58. The van der Waals surface area contributed by atoms with Gasteiger partial charge in [-0.2, -0.15) is 0 Å². The van der Waals surface area contributed by atoms with Crippen molar-refractivity contribution >= 4 is 34.8 Å². The van der Waals surface area contributed by atoms with Gasteiger partial charge in [0.05, 0.1) is 23.7 Å². The lowest BCUT2D eigenvalue weighted by Gasteiger charge is -2.19. The number of anilines is 2. The maximum absolute atomic E-state index is 14.2. The topological polar surface area (TPSA) is 79.9 Å². The van der Waals surface area contributed by atoms with Crippen LogP contribution in [0.2, 0.25) is 5.02 Å². The van der Waals surface area contributed by atoms with Gasteiger partial charge >= 0.3 is 0 Å². The van der Waals surface area contributed by atoms with Crippen molar-refractivity contribution in [1.29, 1.82) is 0 Å². The van der Waals surface area contributed by atoms with Gasteiger partial charge in [0, 0.05) is 24.2 Å². The number of rotatable bonds is 8. The van der Waals surface area contributed by atoms with Gasteiger partial charge < -0.3 is 14.4 Å². The molecule has 1 fully saturated rings. The third kappa shape index (κ3) is 5.46. The van der Waals surface area contributed by atoms with Gasteiger partial charge in [0.15, 0.2) is 11.5 Å². The number of hydrazine groups is 1. The Bertz CT molecular complexity index is 1220. The van der Waals surface area contributed by atoms with E-state index in [1.165, 1.54) is 48.4 Å². The number of carbonyl (C=O) groups excluding carboxylic acids is 2. The summed E-state index contributed by atoms with van der Waals surface area (Å²) >= 11 is 6.09. The first-order chi connectivity index (χ1) is 16.9. The molecule has 3 aromatic rings. The van der Waals surface area contributed by atoms with Crippen molar-refractivity contribution in [2.75, 3.05) is 24.0 Å². The monoisotopic (exact) mass is 501 g/mol. The van der Waals surface area contributed by atoms with E-state index in [0.717, 1.165) is 0 Å². The van der Waals surface area contributed by atoms with Crippen LogP contribution in [0.4, 0.5) is 20.2 Å². The molecule has 0 unspecified atom stereocenters. The quantitative estimate of drug-likeness (QED) is 0.437. The molecule has 0 bridgehead atoms. The largest absolute Gasteiger partial charge is 0.493 e. The van der Waals surface area contributed by atoms with Crippen LogP contribution >= 0.6 is 11.6 Å². The number of nitrogens with zero attached hydrogens (tertiary/aromatic N) is 1. The van der Waals surface area contributed by atoms with E-state index in [9.17, 15) is 18.4 Å². The summed E-state index contributed by atoms with van der Waals surface area (Å²) < 4.78 is 38.5. The molecule has 0 aromatic heterocycles. The van der Waals surface area contributed by atoms with Gasteiger partial charge in [-0.1, -0.05) is 23.7 Å². The number of para-hydroxylation sites is 1. The molecule has 182 valence electrons. The molecule has 1 aliphatic heterocycles. The Labute approximate surface area is 205 Å². The summed E-state index contributed by atoms with van der Waals surface area (Å²) in [7, 11) is 1.45. The van der Waals surface area contributed by atoms with Crippen molar-refractivity contribution in [3.8, 4) is 11.5 Å². The van der Waals surface area contributed by atoms with Crippen LogP contribution in [0.25, 0.3) is 0 Å². The minimum Gasteiger partial charge on any atom is -0.493 e. The lowest BCUT2D eigenvalue weighted by Crippen LogP contribution is -2.36. The van der Waals surface area contributed by atoms with E-state index in [-0.39, 0.29) is 41.8 Å². The second kappa shape index (κ2) is 10.6. The number of ether oxygens (including phenoxy) is 2. The number of halogens is 3. The Morgan fingerprint density at radius 1 is 1.11 bits per heavy atom. The molecule has 7 nitrogen and oxygen atoms in total. The maximum Gasteiger partial charge on any atom is 0.243 e. The lowest BCUT2D eigenvalue weighted by molar-refractivity contribution is -0.125. The van der Waals surface area contributed by atoms with Crippen LogP contribution in [-0.2, 0) is 16.2 Å². The molecule has 0 aliphatic carbocycles. The fourth-order valence-electron chi connectivity index (χ4n) is 3.72. The zero-order chi connectivity index (χ0) is 24.9. The van der Waals surface area contributed by atoms with Crippen molar-refractivity contribution in [2.24, 2.45) is 5.92 Å². The fourth-order valence-corrected chi connectivity index (χ4v) is 3.94. The molecule has 35 heavy (non-hydrogen) atoms. The first-order valence-electron chi connectivity index (χ1n) is 10.7. The summed E-state index contributed by atoms with van der Waals surface area (Å²) in [4.78, 5) is 26.6. The summed E-state index contributed by atoms with van der Waals surface area (Å²) in [5, 5.41) is 0.222. The summed E-state index contributed by atoms with van der Waals surface area (Å²) in [6.45, 7) is -0.0104. The van der Waals surface area contributed by atoms with Crippen molar-refractivity contribution < 1.29 is 27.8 Å². The SMILES string of the molecule is COc1cccc(NNC(=O)[C@H]2CC(=O)N(c3ccc(F)cc3)C2)c1OCc1c(F)cccc1Cl. The van der Waals surface area contributed by atoms with E-state index >= 15 is 0 Å². The predicted molar refractivity (Wildman–Crippen MR) is 127 cm³/mol. The van der Waals surface area contributed by atoms with Crippen LogP contribution < -0.4 is 25.2 Å². The minimum atomic E-state index is -0.618. The summed E-state index contributed by atoms with van der Waals surface area (Å²) in [6.07, 6.45) is 0.0120. The molecule has 0 spiro atoms. The van der Waals surface area contributed by atoms with Crippen LogP contribution in [0.1, 0.15) is 12.0 Å². The highest BCUT2D eigenvalue weighted by molar-refractivity contribution is 6.31. The molecule has 3 aromatic carbocycles. The van der Waals surface area contributed by atoms with Crippen molar-refractivity contribution in [3.63, 3.8) is 0 Å². The lowest BCUT2D eigenvalue weighted by atomic mass is 10.1. The molecular formula is C25H22ClF2N3O4. The van der Waals surface area contributed by atoms with E-state index in [1.54, 1.807) is 24.3 Å². The Kier molecular flexibility index (Phi) is 7.36. The maximum atomic E-state index is 14.2. The van der Waals surface area contributed by atoms with E-state index < -0.39 is 23.5 Å².